The van der Waals surface area contributed by atoms with Crippen molar-refractivity contribution in [1.29, 1.82) is 0 Å². The van der Waals surface area contributed by atoms with Gasteiger partial charge < -0.3 is 10.3 Å². The number of ketones is 1. The number of rotatable bonds is 2. The monoisotopic (exact) mass is 308 g/mol. The number of carbonyl (C=O) groups excluding carboxylic acids is 1. The maximum atomic E-state index is 11.3. The Morgan fingerprint density at radius 3 is 2.94 bits per heavy atom. The Hall–Kier alpha value is -1.13. The first kappa shape index (κ1) is 13.3. The zero-order chi connectivity index (χ0) is 11.8. The lowest BCUT2D eigenvalue weighted by Crippen LogP contribution is -2.30. The first-order chi connectivity index (χ1) is 8.25. The minimum Gasteiger partial charge on any atom is -0.357 e. The molecule has 2 heterocycles. The molecular weight excluding hydrogens is 292 g/mol. The van der Waals surface area contributed by atoms with Crippen LogP contribution < -0.4 is 5.32 Å². The van der Waals surface area contributed by atoms with Gasteiger partial charge in [-0.2, -0.15) is 0 Å². The third-order valence-electron chi connectivity index (χ3n) is 3.45. The maximum Gasteiger partial charge on any atom is 0.131 e. The zero-order valence-corrected chi connectivity index (χ0v) is 12.0. The molecule has 3 rings (SSSR count). The topological polar surface area (TPSA) is 44.9 Å². The molecule has 1 atom stereocenters. The Labute approximate surface area is 117 Å². The van der Waals surface area contributed by atoms with Crippen molar-refractivity contribution in [3.63, 3.8) is 0 Å². The summed E-state index contributed by atoms with van der Waals surface area (Å²) in [5.74, 6) is 0.231. The van der Waals surface area contributed by atoms with Crippen LogP contribution in [0, 0.1) is 0 Å². The molecule has 1 unspecified atom stereocenters. The third-order valence-corrected chi connectivity index (χ3v) is 3.45. The van der Waals surface area contributed by atoms with Crippen molar-refractivity contribution in [2.24, 2.45) is 0 Å². The first-order valence-corrected chi connectivity index (χ1v) is 6.08. The van der Waals surface area contributed by atoms with Crippen LogP contribution in [-0.4, -0.2) is 17.3 Å². The number of benzene rings is 1. The number of H-pyrrole nitrogens is 1. The van der Waals surface area contributed by atoms with E-state index in [0.717, 1.165) is 13.0 Å². The van der Waals surface area contributed by atoms with Crippen LogP contribution in [-0.2, 0) is 11.2 Å². The Morgan fingerprint density at radius 1 is 1.39 bits per heavy atom. The predicted octanol–water partition coefficient (Wildman–Crippen LogP) is 2.91. The molecule has 0 saturated carbocycles. The van der Waals surface area contributed by atoms with E-state index in [1.807, 2.05) is 6.07 Å². The Bertz CT molecular complexity index is 576. The Morgan fingerprint density at radius 2 is 2.17 bits per heavy atom. The molecule has 0 amide bonds. The van der Waals surface area contributed by atoms with Crippen LogP contribution in [0.5, 0.6) is 0 Å². The van der Waals surface area contributed by atoms with Crippen LogP contribution in [0.25, 0.3) is 10.9 Å². The molecule has 1 aromatic carbocycles. The Balaban J connectivity index is 0.00000120. The molecule has 2 aromatic rings. The molecule has 1 aliphatic rings. The van der Waals surface area contributed by atoms with Gasteiger partial charge in [-0.05, 0) is 31.5 Å². The summed E-state index contributed by atoms with van der Waals surface area (Å²) in [4.78, 5) is 14.7. The highest BCUT2D eigenvalue weighted by Gasteiger charge is 2.24. The van der Waals surface area contributed by atoms with Gasteiger partial charge in [0.25, 0.3) is 0 Å². The highest BCUT2D eigenvalue weighted by Crippen LogP contribution is 2.31. The predicted molar refractivity (Wildman–Crippen MR) is 78.4 cm³/mol. The van der Waals surface area contributed by atoms with Gasteiger partial charge in [0.05, 0.1) is 6.04 Å². The SMILES string of the molecule is Br.CC(=O)CC1NCCc2c1[nH]c1ccccc21. The third kappa shape index (κ3) is 2.22. The fourth-order valence-corrected chi connectivity index (χ4v) is 2.72. The molecule has 0 fully saturated rings. The van der Waals surface area contributed by atoms with Crippen molar-refractivity contribution in [3.05, 3.63) is 35.5 Å². The fourth-order valence-electron chi connectivity index (χ4n) is 2.72. The summed E-state index contributed by atoms with van der Waals surface area (Å²) < 4.78 is 0. The standard InChI is InChI=1S/C14H16N2O.BrH/c1-9(17)8-13-14-11(6-7-15-13)10-4-2-3-5-12(10)16-14;/h2-5,13,15-16H,6-8H2,1H3;1H. The van der Waals surface area contributed by atoms with E-state index < -0.39 is 0 Å². The number of hydrogen-bond donors (Lipinski definition) is 2. The average molecular weight is 309 g/mol. The van der Waals surface area contributed by atoms with E-state index in [9.17, 15) is 4.79 Å². The van der Waals surface area contributed by atoms with Gasteiger partial charge in [0.2, 0.25) is 0 Å². The molecule has 0 spiro atoms. The van der Waals surface area contributed by atoms with Crippen LogP contribution >= 0.6 is 17.0 Å². The van der Waals surface area contributed by atoms with Crippen molar-refractivity contribution in [2.45, 2.75) is 25.8 Å². The second kappa shape index (κ2) is 5.24. The van der Waals surface area contributed by atoms with Crippen LogP contribution in [0.1, 0.15) is 30.6 Å². The molecule has 2 N–H and O–H groups in total. The van der Waals surface area contributed by atoms with Gasteiger partial charge in [0.1, 0.15) is 5.78 Å². The largest absolute Gasteiger partial charge is 0.357 e. The number of hydrogen-bond acceptors (Lipinski definition) is 2. The summed E-state index contributed by atoms with van der Waals surface area (Å²) in [6.45, 7) is 2.60. The van der Waals surface area contributed by atoms with Gasteiger partial charge in [0, 0.05) is 23.0 Å². The number of carbonyl (C=O) groups is 1. The van der Waals surface area contributed by atoms with Gasteiger partial charge in [-0.15, -0.1) is 17.0 Å². The lowest BCUT2D eigenvalue weighted by molar-refractivity contribution is -0.117. The fraction of sp³-hybridized carbons (Fsp3) is 0.357. The van der Waals surface area contributed by atoms with E-state index in [2.05, 4.69) is 28.5 Å². The van der Waals surface area contributed by atoms with Gasteiger partial charge in [0.15, 0.2) is 0 Å². The van der Waals surface area contributed by atoms with E-state index >= 15 is 0 Å². The second-order valence-corrected chi connectivity index (χ2v) is 4.73. The van der Waals surface area contributed by atoms with Gasteiger partial charge >= 0.3 is 0 Å². The molecule has 0 bridgehead atoms. The summed E-state index contributed by atoms with van der Waals surface area (Å²) >= 11 is 0. The second-order valence-electron chi connectivity index (χ2n) is 4.73. The number of aromatic amines is 1. The summed E-state index contributed by atoms with van der Waals surface area (Å²) in [5.41, 5.74) is 3.76. The lowest BCUT2D eigenvalue weighted by atomic mass is 9.96. The molecule has 0 aliphatic carbocycles. The highest BCUT2D eigenvalue weighted by molar-refractivity contribution is 8.93. The van der Waals surface area contributed by atoms with E-state index in [0.29, 0.717) is 6.42 Å². The number of aromatic nitrogens is 1. The van der Waals surface area contributed by atoms with Crippen molar-refractivity contribution < 1.29 is 4.79 Å². The maximum absolute atomic E-state index is 11.3. The molecule has 1 aromatic heterocycles. The Kier molecular flexibility index (Phi) is 3.88. The quantitative estimate of drug-likeness (QED) is 0.896. The first-order valence-electron chi connectivity index (χ1n) is 6.08. The van der Waals surface area contributed by atoms with E-state index in [1.54, 1.807) is 6.92 Å². The molecule has 18 heavy (non-hydrogen) atoms. The smallest absolute Gasteiger partial charge is 0.131 e. The van der Waals surface area contributed by atoms with Crippen LogP contribution in [0.2, 0.25) is 0 Å². The van der Waals surface area contributed by atoms with Gasteiger partial charge in [-0.1, -0.05) is 18.2 Å². The molecule has 3 nitrogen and oxygen atoms in total. The summed E-state index contributed by atoms with van der Waals surface area (Å²) in [7, 11) is 0. The zero-order valence-electron chi connectivity index (χ0n) is 10.3. The van der Waals surface area contributed by atoms with Gasteiger partial charge in [-0.3, -0.25) is 4.79 Å². The summed E-state index contributed by atoms with van der Waals surface area (Å²) in [5, 5.41) is 4.72. The van der Waals surface area contributed by atoms with Gasteiger partial charge in [-0.25, -0.2) is 0 Å². The minimum absolute atomic E-state index is 0. The molecule has 0 radical (unpaired) electrons. The minimum atomic E-state index is 0. The van der Waals surface area contributed by atoms with Crippen LogP contribution in [0.15, 0.2) is 24.3 Å². The van der Waals surface area contributed by atoms with Crippen molar-refractivity contribution >= 4 is 33.7 Å². The molecule has 0 saturated heterocycles. The number of halogens is 1. The lowest BCUT2D eigenvalue weighted by Gasteiger charge is -2.23. The van der Waals surface area contributed by atoms with Crippen LogP contribution in [0.4, 0.5) is 0 Å². The average Bonchev–Trinajstić information content (AvgIpc) is 2.68. The normalized spacial score (nSPS) is 18.2. The molecule has 96 valence electrons. The number of Topliss-reactive ketones (excluding diaryl/α,β-unsaturated/α-hetero) is 1. The van der Waals surface area contributed by atoms with Crippen molar-refractivity contribution in [3.8, 4) is 0 Å². The summed E-state index contributed by atoms with van der Waals surface area (Å²) in [6, 6.07) is 8.51. The van der Waals surface area contributed by atoms with E-state index in [4.69, 9.17) is 0 Å². The highest BCUT2D eigenvalue weighted by atomic mass is 79.9. The molecule has 4 heteroatoms. The number of nitrogens with one attached hydrogen (secondary N) is 2. The number of fused-ring (bicyclic) bond motifs is 3. The number of para-hydroxylation sites is 1. The molecular formula is C14H17BrN2O. The van der Waals surface area contributed by atoms with E-state index in [1.165, 1.54) is 22.2 Å². The van der Waals surface area contributed by atoms with Crippen molar-refractivity contribution in [1.82, 2.24) is 10.3 Å². The van der Waals surface area contributed by atoms with Crippen molar-refractivity contribution in [2.75, 3.05) is 6.54 Å². The molecule has 1 aliphatic heterocycles. The van der Waals surface area contributed by atoms with Crippen LogP contribution in [0.3, 0.4) is 0 Å². The van der Waals surface area contributed by atoms with E-state index in [-0.39, 0.29) is 28.8 Å². The summed E-state index contributed by atoms with van der Waals surface area (Å²) in [6.07, 6.45) is 1.60.